The van der Waals surface area contributed by atoms with Crippen molar-refractivity contribution in [2.75, 3.05) is 20.1 Å². The van der Waals surface area contributed by atoms with Crippen molar-refractivity contribution in [1.29, 1.82) is 0 Å². The SMILES string of the molecule is CC(C)CC(CN(C)C(=O)C1c2ccccc2Oc2ccccc21)N1CCCC1O. The first-order chi connectivity index (χ1) is 14.5. The Labute approximate surface area is 179 Å². The maximum Gasteiger partial charge on any atom is 0.234 e. The fraction of sp³-hybridized carbons (Fsp3) is 0.480. The van der Waals surface area contributed by atoms with Crippen LogP contribution in [0.2, 0.25) is 0 Å². The third-order valence-electron chi connectivity index (χ3n) is 6.26. The molecule has 1 saturated heterocycles. The molecule has 0 saturated carbocycles. The third kappa shape index (κ3) is 4.09. The fourth-order valence-corrected chi connectivity index (χ4v) is 4.86. The first-order valence-corrected chi connectivity index (χ1v) is 11.0. The Balaban J connectivity index is 1.60. The third-order valence-corrected chi connectivity index (χ3v) is 6.26. The normalized spacial score (nSPS) is 19.8. The van der Waals surface area contributed by atoms with E-state index in [1.807, 2.05) is 60.5 Å². The van der Waals surface area contributed by atoms with E-state index in [9.17, 15) is 9.90 Å². The number of carbonyl (C=O) groups excluding carboxylic acids is 1. The maximum absolute atomic E-state index is 13.7. The van der Waals surface area contributed by atoms with Gasteiger partial charge >= 0.3 is 0 Å². The Hall–Kier alpha value is -2.37. The number of fused-ring (bicyclic) bond motifs is 2. The average molecular weight is 409 g/mol. The second-order valence-electron chi connectivity index (χ2n) is 8.97. The van der Waals surface area contributed by atoms with Crippen LogP contribution in [0.25, 0.3) is 0 Å². The number of amides is 1. The summed E-state index contributed by atoms with van der Waals surface area (Å²) in [4.78, 5) is 17.8. The summed E-state index contributed by atoms with van der Waals surface area (Å²) in [5.41, 5.74) is 1.82. The summed E-state index contributed by atoms with van der Waals surface area (Å²) in [7, 11) is 1.89. The number of para-hydroxylation sites is 2. The van der Waals surface area contributed by atoms with Gasteiger partial charge in [-0.2, -0.15) is 0 Å². The predicted octanol–water partition coefficient (Wildman–Crippen LogP) is 4.21. The molecule has 5 heteroatoms. The van der Waals surface area contributed by atoms with Crippen LogP contribution in [-0.2, 0) is 4.79 Å². The van der Waals surface area contributed by atoms with E-state index in [2.05, 4.69) is 18.7 Å². The Morgan fingerprint density at radius 1 is 1.13 bits per heavy atom. The van der Waals surface area contributed by atoms with E-state index >= 15 is 0 Å². The zero-order chi connectivity index (χ0) is 21.3. The van der Waals surface area contributed by atoms with E-state index in [4.69, 9.17) is 4.74 Å². The average Bonchev–Trinajstić information content (AvgIpc) is 3.16. The highest BCUT2D eigenvalue weighted by Gasteiger charge is 2.36. The summed E-state index contributed by atoms with van der Waals surface area (Å²) < 4.78 is 6.05. The van der Waals surface area contributed by atoms with Crippen LogP contribution < -0.4 is 4.74 Å². The lowest BCUT2D eigenvalue weighted by Gasteiger charge is -2.36. The summed E-state index contributed by atoms with van der Waals surface area (Å²) in [5, 5.41) is 10.4. The van der Waals surface area contributed by atoms with Crippen molar-refractivity contribution in [2.45, 2.75) is 51.3 Å². The zero-order valence-electron chi connectivity index (χ0n) is 18.1. The summed E-state index contributed by atoms with van der Waals surface area (Å²) >= 11 is 0. The molecule has 1 amide bonds. The number of hydrogen-bond donors (Lipinski definition) is 1. The molecular weight excluding hydrogens is 376 g/mol. The molecule has 2 atom stereocenters. The van der Waals surface area contributed by atoms with Crippen LogP contribution in [0.4, 0.5) is 0 Å². The highest BCUT2D eigenvalue weighted by Crippen LogP contribution is 2.44. The van der Waals surface area contributed by atoms with E-state index in [1.165, 1.54) is 0 Å². The lowest BCUT2D eigenvalue weighted by atomic mass is 9.86. The quantitative estimate of drug-likeness (QED) is 0.778. The highest BCUT2D eigenvalue weighted by atomic mass is 16.5. The monoisotopic (exact) mass is 408 g/mol. The molecule has 1 N–H and O–H groups in total. The molecule has 0 radical (unpaired) electrons. The number of likely N-dealkylation sites (tertiary alicyclic amines) is 1. The van der Waals surface area contributed by atoms with Crippen LogP contribution in [0.15, 0.2) is 48.5 Å². The van der Waals surface area contributed by atoms with E-state index in [0.717, 1.165) is 48.4 Å². The van der Waals surface area contributed by atoms with Crippen molar-refractivity contribution in [2.24, 2.45) is 5.92 Å². The van der Waals surface area contributed by atoms with E-state index in [-0.39, 0.29) is 17.9 Å². The smallest absolute Gasteiger partial charge is 0.234 e. The van der Waals surface area contributed by atoms with Crippen molar-refractivity contribution in [3.8, 4) is 11.5 Å². The first-order valence-electron chi connectivity index (χ1n) is 11.0. The minimum atomic E-state index is -0.401. The number of aliphatic hydroxyl groups is 1. The molecule has 0 bridgehead atoms. The van der Waals surface area contributed by atoms with Crippen LogP contribution in [0.1, 0.15) is 50.2 Å². The van der Waals surface area contributed by atoms with Crippen molar-refractivity contribution >= 4 is 5.91 Å². The molecule has 2 aromatic carbocycles. The van der Waals surface area contributed by atoms with Crippen LogP contribution in [-0.4, -0.2) is 53.2 Å². The molecule has 160 valence electrons. The summed E-state index contributed by atoms with van der Waals surface area (Å²) in [6, 6.07) is 15.8. The maximum atomic E-state index is 13.7. The Morgan fingerprint density at radius 3 is 2.27 bits per heavy atom. The van der Waals surface area contributed by atoms with Gasteiger partial charge in [-0.1, -0.05) is 50.2 Å². The second kappa shape index (κ2) is 8.78. The summed E-state index contributed by atoms with van der Waals surface area (Å²) in [5.74, 6) is 1.68. The van der Waals surface area contributed by atoms with Gasteiger partial charge in [0.2, 0.25) is 5.91 Å². The molecule has 0 spiro atoms. The zero-order valence-corrected chi connectivity index (χ0v) is 18.1. The van der Waals surface area contributed by atoms with Gasteiger partial charge in [0, 0.05) is 37.3 Å². The highest BCUT2D eigenvalue weighted by molar-refractivity contribution is 5.89. The standard InChI is InChI=1S/C25H32N2O3/c1-17(2)15-18(27-14-8-13-23(27)28)16-26(3)25(29)24-19-9-4-6-11-21(19)30-22-12-7-5-10-20(22)24/h4-7,9-12,17-18,23-24,28H,8,13-16H2,1-3H3. The van der Waals surface area contributed by atoms with Gasteiger partial charge in [0.05, 0.1) is 5.92 Å². The lowest BCUT2D eigenvalue weighted by Crippen LogP contribution is -2.48. The molecule has 2 unspecified atom stereocenters. The molecular formula is C25H32N2O3. The van der Waals surface area contributed by atoms with Crippen molar-refractivity contribution in [3.63, 3.8) is 0 Å². The summed E-state index contributed by atoms with van der Waals surface area (Å²) in [6.07, 6.45) is 2.37. The minimum absolute atomic E-state index is 0.0700. The van der Waals surface area contributed by atoms with Crippen LogP contribution in [0.3, 0.4) is 0 Å². The Bertz CT molecular complexity index is 852. The van der Waals surface area contributed by atoms with E-state index in [1.54, 1.807) is 0 Å². The molecule has 2 heterocycles. The number of nitrogens with zero attached hydrogens (tertiary/aromatic N) is 2. The topological polar surface area (TPSA) is 53.0 Å². The van der Waals surface area contributed by atoms with Gasteiger partial charge < -0.3 is 14.7 Å². The van der Waals surface area contributed by atoms with Gasteiger partial charge in [-0.05, 0) is 37.3 Å². The van der Waals surface area contributed by atoms with Gasteiger partial charge in [-0.3, -0.25) is 9.69 Å². The van der Waals surface area contributed by atoms with Crippen molar-refractivity contribution < 1.29 is 14.6 Å². The molecule has 0 aromatic heterocycles. The van der Waals surface area contributed by atoms with Crippen LogP contribution in [0, 0.1) is 5.92 Å². The second-order valence-corrected chi connectivity index (χ2v) is 8.97. The molecule has 2 aliphatic heterocycles. The van der Waals surface area contributed by atoms with E-state index < -0.39 is 6.23 Å². The van der Waals surface area contributed by atoms with Gasteiger partial charge in [0.25, 0.3) is 0 Å². The van der Waals surface area contributed by atoms with Gasteiger partial charge in [0.1, 0.15) is 17.7 Å². The molecule has 0 aliphatic carbocycles. The summed E-state index contributed by atoms with van der Waals surface area (Å²) in [6.45, 7) is 5.89. The first kappa shape index (κ1) is 20.9. The Kier molecular flexibility index (Phi) is 6.11. The molecule has 2 aliphatic rings. The fourth-order valence-electron chi connectivity index (χ4n) is 4.86. The van der Waals surface area contributed by atoms with Gasteiger partial charge in [0.15, 0.2) is 0 Å². The number of aliphatic hydroxyl groups excluding tert-OH is 1. The lowest BCUT2D eigenvalue weighted by molar-refractivity contribution is -0.132. The van der Waals surface area contributed by atoms with Crippen molar-refractivity contribution in [1.82, 2.24) is 9.80 Å². The van der Waals surface area contributed by atoms with Gasteiger partial charge in [-0.15, -0.1) is 0 Å². The number of benzene rings is 2. The number of likely N-dealkylation sites (N-methyl/N-ethyl adjacent to an activating group) is 1. The van der Waals surface area contributed by atoms with E-state index in [0.29, 0.717) is 12.5 Å². The van der Waals surface area contributed by atoms with Gasteiger partial charge in [-0.25, -0.2) is 0 Å². The number of rotatable bonds is 6. The van der Waals surface area contributed by atoms with Crippen LogP contribution in [0.5, 0.6) is 11.5 Å². The van der Waals surface area contributed by atoms with Crippen LogP contribution >= 0.6 is 0 Å². The minimum Gasteiger partial charge on any atom is -0.457 e. The number of ether oxygens (including phenoxy) is 1. The molecule has 5 nitrogen and oxygen atoms in total. The largest absolute Gasteiger partial charge is 0.457 e. The molecule has 2 aromatic rings. The Morgan fingerprint density at radius 2 is 1.73 bits per heavy atom. The number of hydrogen-bond acceptors (Lipinski definition) is 4. The number of carbonyl (C=O) groups is 1. The molecule has 30 heavy (non-hydrogen) atoms. The predicted molar refractivity (Wildman–Crippen MR) is 118 cm³/mol. The molecule has 4 rings (SSSR count). The van der Waals surface area contributed by atoms with Crippen molar-refractivity contribution in [3.05, 3.63) is 59.7 Å². The molecule has 1 fully saturated rings.